The molecule has 0 aromatic rings. The summed E-state index contributed by atoms with van der Waals surface area (Å²) < 4.78 is 5.74. The van der Waals surface area contributed by atoms with Gasteiger partial charge in [-0.1, -0.05) is 110 Å². The van der Waals surface area contributed by atoms with Gasteiger partial charge in [0.05, 0.1) is 0 Å². The van der Waals surface area contributed by atoms with E-state index in [2.05, 4.69) is 13.8 Å². The van der Waals surface area contributed by atoms with Crippen LogP contribution in [0.5, 0.6) is 0 Å². The predicted molar refractivity (Wildman–Crippen MR) is 145 cm³/mol. The first-order chi connectivity index (χ1) is 16.7. The molecule has 0 saturated heterocycles. The minimum absolute atomic E-state index is 0.0432. The van der Waals surface area contributed by atoms with Crippen LogP contribution in [0.25, 0.3) is 0 Å². The largest absolute Gasteiger partial charge is 0.462 e. The average molecular weight is 475 g/mol. The van der Waals surface area contributed by atoms with Gasteiger partial charge in [-0.25, -0.2) is 0 Å². The van der Waals surface area contributed by atoms with E-state index < -0.39 is 0 Å². The van der Waals surface area contributed by atoms with Gasteiger partial charge >= 0.3 is 5.97 Å². The predicted octanol–water partition coefficient (Wildman–Crippen LogP) is 10.0. The van der Waals surface area contributed by atoms with Crippen molar-refractivity contribution in [3.05, 3.63) is 0 Å². The lowest BCUT2D eigenvalue weighted by Gasteiger charge is -2.38. The molecule has 2 nitrogen and oxygen atoms in total. The SMILES string of the molecule is CCCCCCCC1CCC(CCC2CCC(C3CCC(OC(=O)CCCC)CC3)CC2)CC1. The summed E-state index contributed by atoms with van der Waals surface area (Å²) in [7, 11) is 0. The lowest BCUT2D eigenvalue weighted by Crippen LogP contribution is -2.29. The van der Waals surface area contributed by atoms with E-state index in [0.717, 1.165) is 55.3 Å². The Labute approximate surface area is 212 Å². The molecule has 3 aliphatic carbocycles. The molecule has 0 unspecified atom stereocenters. The van der Waals surface area contributed by atoms with Gasteiger partial charge in [-0.05, 0) is 74.5 Å². The van der Waals surface area contributed by atoms with Crippen molar-refractivity contribution in [3.63, 3.8) is 0 Å². The minimum Gasteiger partial charge on any atom is -0.462 e. The second-order valence-corrected chi connectivity index (χ2v) is 12.6. The van der Waals surface area contributed by atoms with Crippen molar-refractivity contribution >= 4 is 5.97 Å². The van der Waals surface area contributed by atoms with Crippen molar-refractivity contribution in [2.45, 2.75) is 168 Å². The summed E-state index contributed by atoms with van der Waals surface area (Å²) in [6, 6.07) is 0. The van der Waals surface area contributed by atoms with Crippen molar-refractivity contribution in [1.29, 1.82) is 0 Å². The van der Waals surface area contributed by atoms with Crippen LogP contribution in [0.15, 0.2) is 0 Å². The molecule has 0 atom stereocenters. The molecule has 34 heavy (non-hydrogen) atoms. The molecule has 3 saturated carbocycles. The van der Waals surface area contributed by atoms with Crippen LogP contribution in [0.1, 0.15) is 162 Å². The van der Waals surface area contributed by atoms with Crippen LogP contribution in [-0.2, 0) is 9.53 Å². The highest BCUT2D eigenvalue weighted by Crippen LogP contribution is 2.43. The molecule has 3 aliphatic rings. The first kappa shape index (κ1) is 28.0. The zero-order chi connectivity index (χ0) is 24.0. The summed E-state index contributed by atoms with van der Waals surface area (Å²) in [5.74, 6) is 5.03. The molecular weight excluding hydrogens is 416 g/mol. The highest BCUT2D eigenvalue weighted by Gasteiger charge is 2.32. The molecule has 0 aliphatic heterocycles. The number of carbonyl (C=O) groups is 1. The molecule has 0 aromatic carbocycles. The summed E-state index contributed by atoms with van der Waals surface area (Å²) in [5.41, 5.74) is 0. The van der Waals surface area contributed by atoms with E-state index in [1.54, 1.807) is 0 Å². The summed E-state index contributed by atoms with van der Waals surface area (Å²) in [6.07, 6.45) is 31.5. The maximum absolute atomic E-state index is 11.9. The summed E-state index contributed by atoms with van der Waals surface area (Å²) in [6.45, 7) is 4.45. The molecule has 0 radical (unpaired) electrons. The Morgan fingerprint density at radius 1 is 0.559 bits per heavy atom. The summed E-state index contributed by atoms with van der Waals surface area (Å²) >= 11 is 0. The first-order valence-corrected chi connectivity index (χ1v) is 15.9. The highest BCUT2D eigenvalue weighted by molar-refractivity contribution is 5.69. The smallest absolute Gasteiger partial charge is 0.306 e. The van der Waals surface area contributed by atoms with E-state index in [-0.39, 0.29) is 12.1 Å². The topological polar surface area (TPSA) is 26.3 Å². The van der Waals surface area contributed by atoms with Crippen molar-refractivity contribution in [2.24, 2.45) is 29.6 Å². The van der Waals surface area contributed by atoms with Gasteiger partial charge in [0.1, 0.15) is 6.10 Å². The molecule has 0 heterocycles. The number of rotatable bonds is 14. The van der Waals surface area contributed by atoms with Crippen molar-refractivity contribution < 1.29 is 9.53 Å². The third-order valence-corrected chi connectivity index (χ3v) is 9.97. The van der Waals surface area contributed by atoms with Crippen LogP contribution < -0.4 is 0 Å². The molecule has 0 aromatic heterocycles. The fourth-order valence-corrected chi connectivity index (χ4v) is 7.51. The second kappa shape index (κ2) is 16.3. The standard InChI is InChI=1S/C32H58O2/c1-3-5-7-8-9-10-26-12-14-27(15-13-26)16-17-28-18-20-29(21-19-28)30-22-24-31(25-23-30)34-32(33)11-6-4-2/h26-31H,3-25H2,1-2H3. The van der Waals surface area contributed by atoms with Crippen LogP contribution >= 0.6 is 0 Å². The zero-order valence-corrected chi connectivity index (χ0v) is 23.0. The minimum atomic E-state index is 0.0432. The van der Waals surface area contributed by atoms with Gasteiger partial charge in [-0.15, -0.1) is 0 Å². The normalized spacial score (nSPS) is 32.4. The van der Waals surface area contributed by atoms with Crippen molar-refractivity contribution in [1.82, 2.24) is 0 Å². The van der Waals surface area contributed by atoms with Crippen LogP contribution in [0.2, 0.25) is 0 Å². The molecule has 3 fully saturated rings. The Hall–Kier alpha value is -0.530. The van der Waals surface area contributed by atoms with E-state index in [4.69, 9.17) is 4.74 Å². The average Bonchev–Trinajstić information content (AvgIpc) is 2.87. The number of hydrogen-bond acceptors (Lipinski definition) is 2. The number of carbonyl (C=O) groups excluding carboxylic acids is 1. The number of ether oxygens (including phenoxy) is 1. The fourth-order valence-electron chi connectivity index (χ4n) is 7.51. The van der Waals surface area contributed by atoms with Gasteiger partial charge in [0, 0.05) is 6.42 Å². The molecule has 0 spiro atoms. The second-order valence-electron chi connectivity index (χ2n) is 12.6. The molecule has 2 heteroatoms. The van der Waals surface area contributed by atoms with Crippen molar-refractivity contribution in [2.75, 3.05) is 0 Å². The number of hydrogen-bond donors (Lipinski definition) is 0. The lowest BCUT2D eigenvalue weighted by molar-refractivity contribution is -0.151. The quantitative estimate of drug-likeness (QED) is 0.185. The van der Waals surface area contributed by atoms with Gasteiger partial charge in [-0.3, -0.25) is 4.79 Å². The number of esters is 1. The fraction of sp³-hybridized carbons (Fsp3) is 0.969. The van der Waals surface area contributed by atoms with Crippen LogP contribution in [0.4, 0.5) is 0 Å². The van der Waals surface area contributed by atoms with E-state index >= 15 is 0 Å². The molecule has 3 rings (SSSR count). The number of unbranched alkanes of at least 4 members (excludes halogenated alkanes) is 5. The zero-order valence-electron chi connectivity index (χ0n) is 23.0. The Balaban J connectivity index is 1.21. The Morgan fingerprint density at radius 3 is 1.59 bits per heavy atom. The Kier molecular flexibility index (Phi) is 13.4. The van der Waals surface area contributed by atoms with Crippen LogP contribution in [0.3, 0.4) is 0 Å². The Morgan fingerprint density at radius 2 is 1.03 bits per heavy atom. The van der Waals surface area contributed by atoms with Gasteiger partial charge in [-0.2, -0.15) is 0 Å². The highest BCUT2D eigenvalue weighted by atomic mass is 16.5. The first-order valence-electron chi connectivity index (χ1n) is 15.9. The molecule has 0 amide bonds. The maximum atomic E-state index is 11.9. The van der Waals surface area contributed by atoms with E-state index in [1.807, 2.05) is 0 Å². The monoisotopic (exact) mass is 474 g/mol. The lowest BCUT2D eigenvalue weighted by atomic mass is 9.69. The third kappa shape index (κ3) is 10.2. The van der Waals surface area contributed by atoms with Gasteiger partial charge in [0.25, 0.3) is 0 Å². The van der Waals surface area contributed by atoms with Crippen molar-refractivity contribution in [3.8, 4) is 0 Å². The summed E-state index contributed by atoms with van der Waals surface area (Å²) in [4.78, 5) is 11.9. The Bertz CT molecular complexity index is 519. The molecule has 0 bridgehead atoms. The van der Waals surface area contributed by atoms with Gasteiger partial charge < -0.3 is 4.74 Å². The van der Waals surface area contributed by atoms with Gasteiger partial charge in [0.15, 0.2) is 0 Å². The van der Waals surface area contributed by atoms with E-state index in [0.29, 0.717) is 6.42 Å². The van der Waals surface area contributed by atoms with Gasteiger partial charge in [0.2, 0.25) is 0 Å². The van der Waals surface area contributed by atoms with Crippen LogP contribution in [0, 0.1) is 29.6 Å². The third-order valence-electron chi connectivity index (χ3n) is 9.97. The molecular formula is C32H58O2. The molecule has 198 valence electrons. The summed E-state index contributed by atoms with van der Waals surface area (Å²) in [5, 5.41) is 0. The van der Waals surface area contributed by atoms with Crippen LogP contribution in [-0.4, -0.2) is 12.1 Å². The van der Waals surface area contributed by atoms with E-state index in [9.17, 15) is 4.79 Å². The van der Waals surface area contributed by atoms with E-state index in [1.165, 1.54) is 116 Å². The maximum Gasteiger partial charge on any atom is 0.306 e. The molecule has 0 N–H and O–H groups in total.